The van der Waals surface area contributed by atoms with Gasteiger partial charge in [0.05, 0.1) is 0 Å². The zero-order valence-electron chi connectivity index (χ0n) is 6.61. The van der Waals surface area contributed by atoms with Gasteiger partial charge < -0.3 is 12.4 Å². The first-order valence-corrected chi connectivity index (χ1v) is 3.72. The van der Waals surface area contributed by atoms with E-state index in [0.717, 1.165) is 5.92 Å². The molecule has 1 fully saturated rings. The van der Waals surface area contributed by atoms with Crippen LogP contribution in [0.4, 0.5) is 0 Å². The van der Waals surface area contributed by atoms with Crippen LogP contribution >= 0.6 is 0 Å². The molecule has 0 saturated heterocycles. The molecular formula is C8H15ClHg. The van der Waals surface area contributed by atoms with Crippen LogP contribution in [0.25, 0.3) is 0 Å². The first-order chi connectivity index (χ1) is 3.89. The molecule has 0 heterocycles. The minimum absolute atomic E-state index is 0. The second-order valence-corrected chi connectivity index (χ2v) is 2.86. The molecule has 0 amide bonds. The fourth-order valence-corrected chi connectivity index (χ4v) is 1.36. The average Bonchev–Trinajstić information content (AvgIpc) is 1.94. The third-order valence-electron chi connectivity index (χ3n) is 1.97. The third-order valence-corrected chi connectivity index (χ3v) is 1.97. The van der Waals surface area contributed by atoms with E-state index >= 15 is 0 Å². The van der Waals surface area contributed by atoms with Crippen molar-refractivity contribution in [1.82, 2.24) is 0 Å². The number of rotatable bonds is 0. The van der Waals surface area contributed by atoms with E-state index in [1.807, 2.05) is 0 Å². The summed E-state index contributed by atoms with van der Waals surface area (Å²) in [6, 6.07) is 0. The molecule has 0 aromatic heterocycles. The van der Waals surface area contributed by atoms with E-state index in [9.17, 15) is 0 Å². The zero-order chi connectivity index (χ0) is 5.82. The Balaban J connectivity index is 0. The van der Waals surface area contributed by atoms with Gasteiger partial charge in [0.1, 0.15) is 0 Å². The van der Waals surface area contributed by atoms with Crippen LogP contribution in [0, 0.1) is 12.8 Å². The van der Waals surface area contributed by atoms with E-state index in [1.165, 1.54) is 38.5 Å². The first kappa shape index (κ1) is 13.8. The van der Waals surface area contributed by atoms with Crippen molar-refractivity contribution in [3.63, 3.8) is 0 Å². The van der Waals surface area contributed by atoms with E-state index in [1.54, 1.807) is 0 Å². The van der Waals surface area contributed by atoms with Gasteiger partial charge in [-0.3, -0.25) is 0 Å². The molecule has 2 heteroatoms. The molecule has 0 nitrogen and oxygen atoms in total. The average molecular weight is 347 g/mol. The Hall–Kier alpha value is 1.23. The molecule has 0 unspecified atom stereocenters. The van der Waals surface area contributed by atoms with Gasteiger partial charge in [-0.1, -0.05) is 45.4 Å². The molecule has 0 N–H and O–H groups in total. The van der Waals surface area contributed by atoms with Crippen LogP contribution in [0.15, 0.2) is 0 Å². The van der Waals surface area contributed by atoms with Gasteiger partial charge in [-0.15, -0.1) is 0 Å². The number of halogens is 1. The van der Waals surface area contributed by atoms with Crippen molar-refractivity contribution in [1.29, 1.82) is 0 Å². The SMILES string of the molecule is [CH2]C1CCCCCC1.[Cl-].[Hg+]. The predicted octanol–water partition coefficient (Wildman–Crippen LogP) is -0.208. The van der Waals surface area contributed by atoms with Gasteiger partial charge in [0, 0.05) is 0 Å². The zero-order valence-corrected chi connectivity index (χ0v) is 12.9. The number of hydrogen-bond donors (Lipinski definition) is 0. The van der Waals surface area contributed by atoms with Gasteiger partial charge in [-0.05, 0) is 5.92 Å². The summed E-state index contributed by atoms with van der Waals surface area (Å²) in [6.07, 6.45) is 8.50. The van der Waals surface area contributed by atoms with Crippen LogP contribution in [0.5, 0.6) is 0 Å². The van der Waals surface area contributed by atoms with Crippen molar-refractivity contribution in [2.24, 2.45) is 5.92 Å². The summed E-state index contributed by atoms with van der Waals surface area (Å²) in [5, 5.41) is 0. The Kier molecular flexibility index (Phi) is 11.5. The molecule has 0 aromatic rings. The maximum atomic E-state index is 4.06. The van der Waals surface area contributed by atoms with Crippen molar-refractivity contribution in [2.75, 3.05) is 0 Å². The molecule has 0 spiro atoms. The van der Waals surface area contributed by atoms with Crippen LogP contribution in [0.2, 0.25) is 0 Å². The smallest absolute Gasteiger partial charge is 1.00 e. The van der Waals surface area contributed by atoms with Crippen molar-refractivity contribution < 1.29 is 40.1 Å². The normalized spacial score (nSPS) is 20.1. The van der Waals surface area contributed by atoms with Gasteiger partial charge in [-0.2, -0.15) is 0 Å². The molecule has 1 aliphatic carbocycles. The second-order valence-electron chi connectivity index (χ2n) is 2.86. The maximum Gasteiger partial charge on any atom is 1.00 e. The van der Waals surface area contributed by atoms with Crippen molar-refractivity contribution in [2.45, 2.75) is 38.5 Å². The standard InChI is InChI=1S/C8H15.ClH.Hg/c1-8-6-4-2-3-5-7-8;;/h8H,1-7H2;1H;/q;;+1/p-1. The Morgan fingerprint density at radius 1 is 0.900 bits per heavy atom. The van der Waals surface area contributed by atoms with Crippen LogP contribution in [-0.2, 0) is 27.7 Å². The van der Waals surface area contributed by atoms with E-state index in [4.69, 9.17) is 0 Å². The molecule has 1 rings (SSSR count). The van der Waals surface area contributed by atoms with E-state index in [-0.39, 0.29) is 40.1 Å². The Labute approximate surface area is 91.1 Å². The van der Waals surface area contributed by atoms with Gasteiger partial charge in [-0.25, -0.2) is 0 Å². The van der Waals surface area contributed by atoms with Gasteiger partial charge >= 0.3 is 27.7 Å². The number of hydrogen-bond acceptors (Lipinski definition) is 0. The summed E-state index contributed by atoms with van der Waals surface area (Å²) >= 11 is 0. The molecule has 2 radical (unpaired) electrons. The quantitative estimate of drug-likeness (QED) is 0.420. The summed E-state index contributed by atoms with van der Waals surface area (Å²) in [4.78, 5) is 0. The minimum Gasteiger partial charge on any atom is -1.00 e. The Morgan fingerprint density at radius 3 is 1.70 bits per heavy atom. The van der Waals surface area contributed by atoms with Gasteiger partial charge in [0.15, 0.2) is 0 Å². The summed E-state index contributed by atoms with van der Waals surface area (Å²) < 4.78 is 0. The van der Waals surface area contributed by atoms with Crippen molar-refractivity contribution in [3.8, 4) is 0 Å². The second kappa shape index (κ2) is 8.32. The van der Waals surface area contributed by atoms with Gasteiger partial charge in [0.2, 0.25) is 0 Å². The van der Waals surface area contributed by atoms with Gasteiger partial charge in [0.25, 0.3) is 0 Å². The molecule has 56 valence electrons. The van der Waals surface area contributed by atoms with Crippen LogP contribution < -0.4 is 12.4 Å². The molecule has 1 saturated carbocycles. The molecule has 0 aromatic carbocycles. The predicted molar refractivity (Wildman–Crippen MR) is 36.5 cm³/mol. The molecule has 0 atom stereocenters. The summed E-state index contributed by atoms with van der Waals surface area (Å²) in [6.45, 7) is 4.06. The fraction of sp³-hybridized carbons (Fsp3) is 0.875. The van der Waals surface area contributed by atoms with E-state index in [0.29, 0.717) is 0 Å². The van der Waals surface area contributed by atoms with Crippen LogP contribution in [0.1, 0.15) is 38.5 Å². The van der Waals surface area contributed by atoms with Crippen LogP contribution in [0.3, 0.4) is 0 Å². The topological polar surface area (TPSA) is 0 Å². The molecule has 1 aliphatic rings. The van der Waals surface area contributed by atoms with Crippen LogP contribution in [-0.4, -0.2) is 0 Å². The largest absolute Gasteiger partial charge is 1.00 e. The summed E-state index contributed by atoms with van der Waals surface area (Å²) in [7, 11) is 0. The monoisotopic (exact) mass is 348 g/mol. The molecule has 0 bridgehead atoms. The molecular weight excluding hydrogens is 332 g/mol. The Bertz CT molecular complexity index is 58.3. The molecule has 10 heavy (non-hydrogen) atoms. The van der Waals surface area contributed by atoms with E-state index in [2.05, 4.69) is 6.92 Å². The summed E-state index contributed by atoms with van der Waals surface area (Å²) in [5.41, 5.74) is 0. The summed E-state index contributed by atoms with van der Waals surface area (Å²) in [5.74, 6) is 0.775. The van der Waals surface area contributed by atoms with Crippen molar-refractivity contribution in [3.05, 3.63) is 6.92 Å². The third kappa shape index (κ3) is 5.97. The fourth-order valence-electron chi connectivity index (χ4n) is 1.36. The Morgan fingerprint density at radius 2 is 1.30 bits per heavy atom. The maximum absolute atomic E-state index is 4.06. The minimum atomic E-state index is 0. The van der Waals surface area contributed by atoms with E-state index < -0.39 is 0 Å². The first-order valence-electron chi connectivity index (χ1n) is 3.72. The molecule has 0 aliphatic heterocycles. The van der Waals surface area contributed by atoms with Crippen molar-refractivity contribution >= 4 is 0 Å².